The number of nitrogens with zero attached hydrogens (tertiary/aromatic N) is 3. The van der Waals surface area contributed by atoms with Gasteiger partial charge in [0.25, 0.3) is 0 Å². The highest BCUT2D eigenvalue weighted by Crippen LogP contribution is 2.42. The van der Waals surface area contributed by atoms with Crippen molar-refractivity contribution in [3.63, 3.8) is 0 Å². The molecule has 3 heteroatoms. The van der Waals surface area contributed by atoms with Gasteiger partial charge in [-0.05, 0) is 95.1 Å². The smallest absolute Gasteiger partial charge is 0.0547 e. The van der Waals surface area contributed by atoms with E-state index in [0.29, 0.717) is 0 Å². The van der Waals surface area contributed by atoms with Crippen LogP contribution in [0.1, 0.15) is 0 Å². The van der Waals surface area contributed by atoms with Crippen LogP contribution in [0.15, 0.2) is 195 Å². The molecule has 0 aliphatic rings. The Labute approximate surface area is 313 Å². The Bertz CT molecular complexity index is 3190. The molecule has 0 bridgehead atoms. The van der Waals surface area contributed by atoms with Gasteiger partial charge in [0, 0.05) is 61.8 Å². The molecule has 0 atom stereocenters. The van der Waals surface area contributed by atoms with Crippen LogP contribution in [0.25, 0.3) is 99.0 Å². The van der Waals surface area contributed by atoms with E-state index in [2.05, 4.69) is 216 Å². The third kappa shape index (κ3) is 4.69. The molecule has 0 spiro atoms. The molecule has 256 valence electrons. The lowest BCUT2D eigenvalue weighted by molar-refractivity contribution is 1.01. The van der Waals surface area contributed by atoms with Gasteiger partial charge in [-0.3, -0.25) is 0 Å². The van der Waals surface area contributed by atoms with Gasteiger partial charge in [0.2, 0.25) is 0 Å². The van der Waals surface area contributed by atoms with Gasteiger partial charge in [0.05, 0.1) is 22.1 Å². The van der Waals surface area contributed by atoms with E-state index in [-0.39, 0.29) is 0 Å². The summed E-state index contributed by atoms with van der Waals surface area (Å²) in [4.78, 5) is 0. The van der Waals surface area contributed by atoms with Crippen molar-refractivity contribution < 1.29 is 0 Å². The van der Waals surface area contributed by atoms with Gasteiger partial charge in [-0.1, -0.05) is 109 Å². The van der Waals surface area contributed by atoms with Gasteiger partial charge in [-0.15, -0.1) is 13.2 Å². The second-order valence-electron chi connectivity index (χ2n) is 13.8. The van der Waals surface area contributed by atoms with Gasteiger partial charge in [0.1, 0.15) is 0 Å². The molecule has 0 fully saturated rings. The molecule has 3 aromatic heterocycles. The van der Waals surface area contributed by atoms with Crippen LogP contribution in [0.2, 0.25) is 0 Å². The summed E-state index contributed by atoms with van der Waals surface area (Å²) in [5.74, 6) is 0. The highest BCUT2D eigenvalue weighted by atomic mass is 15.0. The maximum absolute atomic E-state index is 3.00. The molecule has 0 aliphatic heterocycles. The minimum absolute atomic E-state index is 1.16. The number of aryl methyl sites for hydroxylation is 1. The normalized spacial score (nSPS) is 11.6. The van der Waals surface area contributed by atoms with E-state index < -0.39 is 0 Å². The summed E-state index contributed by atoms with van der Waals surface area (Å²) >= 11 is 0. The monoisotopic (exact) mass is 691 g/mol. The second-order valence-corrected chi connectivity index (χ2v) is 13.8. The molecule has 54 heavy (non-hydrogen) atoms. The molecule has 0 saturated heterocycles. The number of aromatic nitrogens is 3. The summed E-state index contributed by atoms with van der Waals surface area (Å²) < 4.78 is 7.12. The van der Waals surface area contributed by atoms with Crippen molar-refractivity contribution in [2.24, 2.45) is 7.05 Å². The fourth-order valence-corrected chi connectivity index (χ4v) is 8.68. The highest BCUT2D eigenvalue weighted by molar-refractivity contribution is 6.18. The Balaban J connectivity index is 0.00000178. The van der Waals surface area contributed by atoms with E-state index in [0.717, 1.165) is 5.69 Å². The minimum atomic E-state index is 1.16. The molecule has 3 heterocycles. The number of hydrogen-bond donors (Lipinski definition) is 0. The molecule has 11 aromatic rings. The number of rotatable bonds is 4. The van der Waals surface area contributed by atoms with Crippen molar-refractivity contribution in [2.45, 2.75) is 0 Å². The van der Waals surface area contributed by atoms with Crippen LogP contribution in [-0.4, -0.2) is 13.7 Å². The third-order valence-corrected chi connectivity index (χ3v) is 11.1. The van der Waals surface area contributed by atoms with E-state index in [1.54, 1.807) is 0 Å². The van der Waals surface area contributed by atoms with Gasteiger partial charge >= 0.3 is 0 Å². The van der Waals surface area contributed by atoms with Crippen LogP contribution in [0.3, 0.4) is 0 Å². The van der Waals surface area contributed by atoms with Crippen LogP contribution in [0, 0.1) is 0 Å². The van der Waals surface area contributed by atoms with Crippen LogP contribution in [0.5, 0.6) is 0 Å². The predicted molar refractivity (Wildman–Crippen MR) is 231 cm³/mol. The Morgan fingerprint density at radius 2 is 0.815 bits per heavy atom. The van der Waals surface area contributed by atoms with E-state index in [1.807, 2.05) is 0 Å². The molecule has 0 aliphatic carbocycles. The Kier molecular flexibility index (Phi) is 7.34. The molecule has 0 radical (unpaired) electrons. The second kappa shape index (κ2) is 12.5. The lowest BCUT2D eigenvalue weighted by Gasteiger charge is -2.10. The first-order valence-corrected chi connectivity index (χ1v) is 18.4. The summed E-state index contributed by atoms with van der Waals surface area (Å²) in [6, 6.07) is 66.6. The van der Waals surface area contributed by atoms with Crippen molar-refractivity contribution in [3.05, 3.63) is 195 Å². The average Bonchev–Trinajstić information content (AvgIpc) is 3.87. The standard InChI is InChI=1S/C49H33N3.C2H4/c1-50-43-20-10-8-17-38(43)40-26-23-33(31-48(40)50)32-24-27-46-42(29-32)49-37(19-12-22-47(49)52(46)36-15-6-3-7-16-36)34-25-28-45-41(30-34)39-18-9-11-21-44(39)51(45)35-13-4-2-5-14-35;1-2/h2-31H,1H3;1-2H2. The first kappa shape index (κ1) is 31.6. The SMILES string of the molecule is C=C.Cn1c2ccccc2c2ccc(-c3ccc4c(c3)c3c(-c5ccc6c(c5)c5ccccc5n6-c5ccccc5)cccc3n4-c3ccccc3)cc21. The van der Waals surface area contributed by atoms with Crippen LogP contribution < -0.4 is 0 Å². The lowest BCUT2D eigenvalue weighted by Crippen LogP contribution is -1.93. The largest absolute Gasteiger partial charge is 0.344 e. The zero-order chi connectivity index (χ0) is 36.3. The molecular formula is C51H37N3. The van der Waals surface area contributed by atoms with Crippen molar-refractivity contribution in [3.8, 4) is 33.6 Å². The summed E-state index contributed by atoms with van der Waals surface area (Å²) in [5, 5.41) is 7.60. The molecule has 8 aromatic carbocycles. The molecule has 0 saturated carbocycles. The van der Waals surface area contributed by atoms with Crippen molar-refractivity contribution in [2.75, 3.05) is 0 Å². The topological polar surface area (TPSA) is 14.8 Å². The minimum Gasteiger partial charge on any atom is -0.344 e. The predicted octanol–water partition coefficient (Wildman–Crippen LogP) is 13.7. The van der Waals surface area contributed by atoms with Crippen molar-refractivity contribution in [1.29, 1.82) is 0 Å². The van der Waals surface area contributed by atoms with Gasteiger partial charge in [-0.2, -0.15) is 0 Å². The first-order valence-electron chi connectivity index (χ1n) is 18.4. The highest BCUT2D eigenvalue weighted by Gasteiger charge is 2.19. The molecule has 0 N–H and O–H groups in total. The van der Waals surface area contributed by atoms with Gasteiger partial charge < -0.3 is 13.7 Å². The maximum Gasteiger partial charge on any atom is 0.0547 e. The quantitative estimate of drug-likeness (QED) is 0.163. The van der Waals surface area contributed by atoms with E-state index in [9.17, 15) is 0 Å². The number of benzene rings is 8. The molecule has 11 rings (SSSR count). The fraction of sp³-hybridized carbons (Fsp3) is 0.0196. The average molecular weight is 692 g/mol. The summed E-state index contributed by atoms with van der Waals surface area (Å²) in [7, 11) is 2.17. The summed E-state index contributed by atoms with van der Waals surface area (Å²) in [5.41, 5.74) is 14.5. The van der Waals surface area contributed by atoms with Crippen LogP contribution in [0.4, 0.5) is 0 Å². The summed E-state index contributed by atoms with van der Waals surface area (Å²) in [6.45, 7) is 6.00. The lowest BCUT2D eigenvalue weighted by atomic mass is 9.96. The Hall–Kier alpha value is -7.10. The van der Waals surface area contributed by atoms with Gasteiger partial charge in [0.15, 0.2) is 0 Å². The van der Waals surface area contributed by atoms with Crippen LogP contribution in [-0.2, 0) is 7.05 Å². The van der Waals surface area contributed by atoms with Crippen molar-refractivity contribution >= 4 is 65.4 Å². The Morgan fingerprint density at radius 3 is 1.54 bits per heavy atom. The van der Waals surface area contributed by atoms with Crippen LogP contribution >= 0.6 is 0 Å². The van der Waals surface area contributed by atoms with E-state index in [1.165, 1.54) is 93.4 Å². The van der Waals surface area contributed by atoms with Crippen molar-refractivity contribution in [1.82, 2.24) is 13.7 Å². The summed E-state index contributed by atoms with van der Waals surface area (Å²) in [6.07, 6.45) is 0. The zero-order valence-corrected chi connectivity index (χ0v) is 30.1. The van der Waals surface area contributed by atoms with E-state index >= 15 is 0 Å². The number of fused-ring (bicyclic) bond motifs is 9. The zero-order valence-electron chi connectivity index (χ0n) is 30.1. The number of para-hydroxylation sites is 4. The molecule has 0 amide bonds. The van der Waals surface area contributed by atoms with Gasteiger partial charge in [-0.25, -0.2) is 0 Å². The molecule has 0 unspecified atom stereocenters. The third-order valence-electron chi connectivity index (χ3n) is 11.1. The molecule has 3 nitrogen and oxygen atoms in total. The fourth-order valence-electron chi connectivity index (χ4n) is 8.68. The van der Waals surface area contributed by atoms with E-state index in [4.69, 9.17) is 0 Å². The first-order chi connectivity index (χ1) is 26.7. The number of hydrogen-bond acceptors (Lipinski definition) is 0. The maximum atomic E-state index is 3.00. The molecular weight excluding hydrogens is 655 g/mol. The Morgan fingerprint density at radius 1 is 0.333 bits per heavy atom.